The molecular formula is C33H40FN7O. The number of piperidine rings is 1. The quantitative estimate of drug-likeness (QED) is 0.449. The maximum Gasteiger partial charge on any atom is 0.249 e. The minimum absolute atomic E-state index is 0.197. The lowest BCUT2D eigenvalue weighted by atomic mass is 9.83. The van der Waals surface area contributed by atoms with Crippen molar-refractivity contribution >= 4 is 29.0 Å². The lowest BCUT2D eigenvalue weighted by Crippen LogP contribution is -2.63. The molecule has 1 spiro atoms. The summed E-state index contributed by atoms with van der Waals surface area (Å²) in [6, 6.07) is 15.9. The van der Waals surface area contributed by atoms with E-state index in [0.717, 1.165) is 93.9 Å². The van der Waals surface area contributed by atoms with E-state index in [-0.39, 0.29) is 17.8 Å². The van der Waals surface area contributed by atoms with Crippen molar-refractivity contribution in [2.45, 2.75) is 63.1 Å². The van der Waals surface area contributed by atoms with Gasteiger partial charge in [-0.3, -0.25) is 4.79 Å². The van der Waals surface area contributed by atoms with E-state index in [2.05, 4.69) is 44.2 Å². The molecule has 3 aromatic rings. The van der Waals surface area contributed by atoms with E-state index >= 15 is 4.39 Å². The molecule has 1 unspecified atom stereocenters. The SMILES string of the molecule is CN1CCN(c2ccc(Nc3ncc4c(n3)N(C3CCCC3)C3(CCCN(Cc5ccccc5)C3=O)C4)c(F)c2)CC1. The van der Waals surface area contributed by atoms with Gasteiger partial charge in [0, 0.05) is 69.2 Å². The summed E-state index contributed by atoms with van der Waals surface area (Å²) < 4.78 is 15.3. The van der Waals surface area contributed by atoms with E-state index in [1.54, 1.807) is 12.1 Å². The highest BCUT2D eigenvalue weighted by molar-refractivity contribution is 5.93. The number of halogens is 1. The van der Waals surface area contributed by atoms with Gasteiger partial charge in [-0.2, -0.15) is 4.98 Å². The Labute approximate surface area is 247 Å². The van der Waals surface area contributed by atoms with E-state index in [1.165, 1.54) is 0 Å². The van der Waals surface area contributed by atoms with Crippen molar-refractivity contribution in [3.63, 3.8) is 0 Å². The molecule has 1 atom stereocenters. The number of carbonyl (C=O) groups excluding carboxylic acids is 1. The summed E-state index contributed by atoms with van der Waals surface area (Å²) in [6.07, 6.45) is 8.68. The number of fused-ring (bicyclic) bond motifs is 1. The number of piperazine rings is 1. The molecule has 3 fully saturated rings. The maximum atomic E-state index is 15.3. The number of anilines is 4. The van der Waals surface area contributed by atoms with E-state index in [4.69, 9.17) is 4.98 Å². The molecule has 7 rings (SSSR count). The van der Waals surface area contributed by atoms with Crippen molar-refractivity contribution in [3.8, 4) is 0 Å². The van der Waals surface area contributed by atoms with Gasteiger partial charge in [0.25, 0.3) is 0 Å². The van der Waals surface area contributed by atoms with Gasteiger partial charge in [-0.1, -0.05) is 43.2 Å². The number of nitrogens with zero attached hydrogens (tertiary/aromatic N) is 6. The largest absolute Gasteiger partial charge is 0.369 e. The van der Waals surface area contributed by atoms with Crippen LogP contribution >= 0.6 is 0 Å². The van der Waals surface area contributed by atoms with Crippen LogP contribution < -0.4 is 15.1 Å². The topological polar surface area (TPSA) is 67.8 Å². The van der Waals surface area contributed by atoms with Crippen LogP contribution in [0.25, 0.3) is 0 Å². The molecule has 1 saturated carbocycles. The van der Waals surface area contributed by atoms with Crippen LogP contribution in [0.5, 0.6) is 0 Å². The Morgan fingerprint density at radius 1 is 1.00 bits per heavy atom. The van der Waals surface area contributed by atoms with Crippen LogP contribution in [-0.4, -0.2) is 77.0 Å². The van der Waals surface area contributed by atoms with Gasteiger partial charge >= 0.3 is 0 Å². The third kappa shape index (κ3) is 4.97. The number of carbonyl (C=O) groups is 1. The number of likely N-dealkylation sites (N-methyl/N-ethyl adjacent to an activating group) is 1. The number of aromatic nitrogens is 2. The average Bonchev–Trinajstić information content (AvgIpc) is 3.64. The van der Waals surface area contributed by atoms with E-state index in [0.29, 0.717) is 24.6 Å². The van der Waals surface area contributed by atoms with Crippen molar-refractivity contribution in [1.82, 2.24) is 19.8 Å². The van der Waals surface area contributed by atoms with Crippen LogP contribution in [0.2, 0.25) is 0 Å². The fraction of sp³-hybridized carbons (Fsp3) is 0.485. The van der Waals surface area contributed by atoms with Gasteiger partial charge in [0.05, 0.1) is 5.69 Å². The highest BCUT2D eigenvalue weighted by Crippen LogP contribution is 2.47. The Morgan fingerprint density at radius 2 is 1.79 bits per heavy atom. The zero-order chi connectivity index (χ0) is 28.7. The van der Waals surface area contributed by atoms with Crippen LogP contribution in [0.4, 0.5) is 27.5 Å². The van der Waals surface area contributed by atoms with Crippen molar-refractivity contribution in [2.24, 2.45) is 0 Å². The average molecular weight is 570 g/mol. The summed E-state index contributed by atoms with van der Waals surface area (Å²) in [7, 11) is 2.11. The number of amides is 1. The third-order valence-corrected chi connectivity index (χ3v) is 9.69. The van der Waals surface area contributed by atoms with Crippen LogP contribution in [0.15, 0.2) is 54.7 Å². The van der Waals surface area contributed by atoms with Crippen LogP contribution in [0, 0.1) is 5.82 Å². The highest BCUT2D eigenvalue weighted by Gasteiger charge is 2.55. The molecule has 1 aliphatic carbocycles. The molecule has 4 heterocycles. The number of likely N-dealkylation sites (tertiary alicyclic amines) is 1. The first-order chi connectivity index (χ1) is 20.5. The summed E-state index contributed by atoms with van der Waals surface area (Å²) >= 11 is 0. The van der Waals surface area contributed by atoms with Gasteiger partial charge < -0.3 is 24.9 Å². The summed E-state index contributed by atoms with van der Waals surface area (Å²) in [5.41, 5.74) is 2.78. The molecule has 3 aliphatic heterocycles. The number of hydrogen-bond donors (Lipinski definition) is 1. The van der Waals surface area contributed by atoms with Crippen molar-refractivity contribution in [3.05, 3.63) is 71.7 Å². The summed E-state index contributed by atoms with van der Waals surface area (Å²) in [6.45, 7) is 5.10. The Hall–Kier alpha value is -3.72. The molecule has 1 aromatic heterocycles. The van der Waals surface area contributed by atoms with Gasteiger partial charge in [-0.25, -0.2) is 9.37 Å². The van der Waals surface area contributed by atoms with Crippen LogP contribution in [-0.2, 0) is 17.8 Å². The van der Waals surface area contributed by atoms with Gasteiger partial charge in [-0.05, 0) is 56.5 Å². The molecule has 2 aromatic carbocycles. The monoisotopic (exact) mass is 569 g/mol. The predicted molar refractivity (Wildman–Crippen MR) is 164 cm³/mol. The van der Waals surface area contributed by atoms with Crippen molar-refractivity contribution in [2.75, 3.05) is 54.9 Å². The van der Waals surface area contributed by atoms with Crippen LogP contribution in [0.1, 0.15) is 49.7 Å². The Balaban J connectivity index is 1.15. The minimum Gasteiger partial charge on any atom is -0.369 e. The van der Waals surface area contributed by atoms with Crippen LogP contribution in [0.3, 0.4) is 0 Å². The predicted octanol–water partition coefficient (Wildman–Crippen LogP) is 4.98. The molecule has 0 radical (unpaired) electrons. The Kier molecular flexibility index (Phi) is 7.22. The summed E-state index contributed by atoms with van der Waals surface area (Å²) in [5.74, 6) is 1.08. The number of hydrogen-bond acceptors (Lipinski definition) is 7. The summed E-state index contributed by atoms with van der Waals surface area (Å²) in [4.78, 5) is 32.8. The molecule has 9 heteroatoms. The fourth-order valence-corrected chi connectivity index (χ4v) is 7.47. The molecule has 1 amide bonds. The first-order valence-corrected chi connectivity index (χ1v) is 15.5. The lowest BCUT2D eigenvalue weighted by molar-refractivity contribution is -0.141. The zero-order valence-electron chi connectivity index (χ0n) is 24.4. The second kappa shape index (κ2) is 11.2. The molecule has 2 saturated heterocycles. The van der Waals surface area contributed by atoms with Crippen molar-refractivity contribution < 1.29 is 9.18 Å². The van der Waals surface area contributed by atoms with Gasteiger partial charge in [0.2, 0.25) is 11.9 Å². The smallest absolute Gasteiger partial charge is 0.249 e. The number of nitrogens with one attached hydrogen (secondary N) is 1. The second-order valence-electron chi connectivity index (χ2n) is 12.5. The Morgan fingerprint density at radius 3 is 2.55 bits per heavy atom. The van der Waals surface area contributed by atoms with Gasteiger partial charge in [0.15, 0.2) is 0 Å². The minimum atomic E-state index is -0.632. The molecule has 220 valence electrons. The summed E-state index contributed by atoms with van der Waals surface area (Å²) in [5, 5.41) is 3.15. The zero-order valence-corrected chi connectivity index (χ0v) is 24.4. The number of rotatable bonds is 6. The van der Waals surface area contributed by atoms with E-state index in [9.17, 15) is 4.79 Å². The van der Waals surface area contributed by atoms with Gasteiger partial charge in [0.1, 0.15) is 17.2 Å². The maximum absolute atomic E-state index is 15.3. The standard InChI is InChI=1S/C33H40FN7O/c1-38-16-18-39(19-17-38)27-12-13-29(28(34)20-27)36-32-35-22-25-21-33(41(30(25)37-32)26-10-5-6-11-26)14-7-15-40(31(33)42)23-24-8-3-2-4-9-24/h2-4,8-9,12-13,20,22,26H,5-7,10-11,14-19,21,23H2,1H3,(H,35,36,37). The molecule has 1 N–H and O–H groups in total. The number of benzene rings is 2. The molecule has 8 nitrogen and oxygen atoms in total. The first kappa shape index (κ1) is 27.1. The fourth-order valence-electron chi connectivity index (χ4n) is 7.47. The molecule has 42 heavy (non-hydrogen) atoms. The highest BCUT2D eigenvalue weighted by atomic mass is 19.1. The van der Waals surface area contributed by atoms with E-state index in [1.807, 2.05) is 35.4 Å². The first-order valence-electron chi connectivity index (χ1n) is 15.5. The molecule has 0 bridgehead atoms. The second-order valence-corrected chi connectivity index (χ2v) is 12.5. The molecular weight excluding hydrogens is 529 g/mol. The van der Waals surface area contributed by atoms with Gasteiger partial charge in [-0.15, -0.1) is 0 Å². The van der Waals surface area contributed by atoms with Crippen molar-refractivity contribution in [1.29, 1.82) is 0 Å². The molecule has 4 aliphatic rings. The third-order valence-electron chi connectivity index (χ3n) is 9.69. The Bertz CT molecular complexity index is 1440. The normalized spacial score (nSPS) is 23.2. The lowest BCUT2D eigenvalue weighted by Gasteiger charge is -2.47. The van der Waals surface area contributed by atoms with E-state index < -0.39 is 5.54 Å².